The zero-order chi connectivity index (χ0) is 16.5. The fraction of sp³-hybridized carbons (Fsp3) is 0.444. The molecule has 0 radical (unpaired) electrons. The number of Topliss-reactive ketones (excluding diaryl/α,β-unsaturated/α-hetero) is 4. The van der Waals surface area contributed by atoms with Crippen LogP contribution in [0.2, 0.25) is 0 Å². The molecule has 0 aliphatic rings. The predicted octanol–water partition coefficient (Wildman–Crippen LogP) is 2.65. The summed E-state index contributed by atoms with van der Waals surface area (Å²) in [6, 6.07) is 7.75. The molecule has 0 unspecified atom stereocenters. The maximum atomic E-state index is 11.5. The zero-order valence-corrected chi connectivity index (χ0v) is 13.2. The second-order valence-electron chi connectivity index (χ2n) is 5.65. The first-order chi connectivity index (χ1) is 10.4. The lowest BCUT2D eigenvalue weighted by Crippen LogP contribution is -2.06. The molecule has 0 aliphatic heterocycles. The van der Waals surface area contributed by atoms with Crippen molar-refractivity contribution in [3.05, 3.63) is 35.4 Å². The standard InChI is InChI=1S/C18H22O4/c1-13(19)11-17(21)9-7-15-3-5-16(6-4-15)8-10-18(22)12-14(2)20/h3-6H,7-12H2,1-2H3. The summed E-state index contributed by atoms with van der Waals surface area (Å²) in [5.41, 5.74) is 2.08. The molecule has 0 N–H and O–H groups in total. The van der Waals surface area contributed by atoms with Gasteiger partial charge >= 0.3 is 0 Å². The van der Waals surface area contributed by atoms with Gasteiger partial charge in [-0.05, 0) is 37.8 Å². The third-order valence-electron chi connectivity index (χ3n) is 3.30. The summed E-state index contributed by atoms with van der Waals surface area (Å²) in [6.45, 7) is 2.83. The molecule has 0 aliphatic carbocycles. The van der Waals surface area contributed by atoms with Gasteiger partial charge in [-0.3, -0.25) is 19.2 Å². The van der Waals surface area contributed by atoms with E-state index in [0.717, 1.165) is 11.1 Å². The van der Waals surface area contributed by atoms with Gasteiger partial charge < -0.3 is 0 Å². The van der Waals surface area contributed by atoms with Gasteiger partial charge in [0.25, 0.3) is 0 Å². The summed E-state index contributed by atoms with van der Waals surface area (Å²) in [7, 11) is 0. The van der Waals surface area contributed by atoms with Crippen molar-refractivity contribution in [3.8, 4) is 0 Å². The summed E-state index contributed by atoms with van der Waals surface area (Å²) in [5.74, 6) is -0.274. The highest BCUT2D eigenvalue weighted by molar-refractivity contribution is 5.98. The lowest BCUT2D eigenvalue weighted by Gasteiger charge is -2.04. The van der Waals surface area contributed by atoms with Crippen LogP contribution in [0.15, 0.2) is 24.3 Å². The van der Waals surface area contributed by atoms with Crippen molar-refractivity contribution in [3.63, 3.8) is 0 Å². The SMILES string of the molecule is CC(=O)CC(=O)CCc1ccc(CCC(=O)CC(C)=O)cc1. The number of aryl methyl sites for hydroxylation is 2. The first-order valence-corrected chi connectivity index (χ1v) is 7.47. The molecule has 0 saturated heterocycles. The third kappa shape index (κ3) is 7.62. The van der Waals surface area contributed by atoms with Gasteiger partial charge in [0.15, 0.2) is 0 Å². The molecule has 1 aromatic rings. The van der Waals surface area contributed by atoms with Crippen molar-refractivity contribution in [1.82, 2.24) is 0 Å². The molecule has 0 aromatic heterocycles. The fourth-order valence-electron chi connectivity index (χ4n) is 2.17. The van der Waals surface area contributed by atoms with Crippen molar-refractivity contribution in [2.24, 2.45) is 0 Å². The van der Waals surface area contributed by atoms with E-state index in [-0.39, 0.29) is 36.0 Å². The minimum absolute atomic E-state index is 0.0103. The van der Waals surface area contributed by atoms with Crippen molar-refractivity contribution >= 4 is 23.1 Å². The molecule has 4 nitrogen and oxygen atoms in total. The molecule has 4 heteroatoms. The van der Waals surface area contributed by atoms with Gasteiger partial charge in [0.1, 0.15) is 23.1 Å². The van der Waals surface area contributed by atoms with Gasteiger partial charge in [-0.25, -0.2) is 0 Å². The van der Waals surface area contributed by atoms with Gasteiger partial charge in [-0.15, -0.1) is 0 Å². The second-order valence-corrected chi connectivity index (χ2v) is 5.65. The minimum Gasteiger partial charge on any atom is -0.300 e. The molecular weight excluding hydrogens is 280 g/mol. The number of hydrogen-bond donors (Lipinski definition) is 0. The Balaban J connectivity index is 2.39. The smallest absolute Gasteiger partial charge is 0.140 e. The van der Waals surface area contributed by atoms with Gasteiger partial charge in [0.2, 0.25) is 0 Å². The Morgan fingerprint density at radius 2 is 1.00 bits per heavy atom. The Hall–Kier alpha value is -2.10. The summed E-state index contributed by atoms with van der Waals surface area (Å²) in [5, 5.41) is 0. The van der Waals surface area contributed by atoms with E-state index in [1.165, 1.54) is 13.8 Å². The normalized spacial score (nSPS) is 10.3. The molecule has 0 fully saturated rings. The maximum Gasteiger partial charge on any atom is 0.140 e. The number of ketones is 4. The highest BCUT2D eigenvalue weighted by Gasteiger charge is 2.07. The fourth-order valence-corrected chi connectivity index (χ4v) is 2.17. The second kappa shape index (κ2) is 9.03. The van der Waals surface area contributed by atoms with E-state index in [0.29, 0.717) is 25.7 Å². The molecule has 1 rings (SSSR count). The monoisotopic (exact) mass is 302 g/mol. The first-order valence-electron chi connectivity index (χ1n) is 7.47. The van der Waals surface area contributed by atoms with Crippen LogP contribution in [0, 0.1) is 0 Å². The van der Waals surface area contributed by atoms with Crippen LogP contribution in [0.4, 0.5) is 0 Å². The van der Waals surface area contributed by atoms with Crippen LogP contribution < -0.4 is 0 Å². The average molecular weight is 302 g/mol. The Morgan fingerprint density at radius 3 is 1.27 bits per heavy atom. The Kier molecular flexibility index (Phi) is 7.37. The highest BCUT2D eigenvalue weighted by atomic mass is 16.2. The lowest BCUT2D eigenvalue weighted by molar-refractivity contribution is -0.127. The van der Waals surface area contributed by atoms with E-state index >= 15 is 0 Å². The van der Waals surface area contributed by atoms with E-state index in [1.807, 2.05) is 24.3 Å². The zero-order valence-electron chi connectivity index (χ0n) is 13.2. The van der Waals surface area contributed by atoms with Gasteiger partial charge in [0.05, 0.1) is 12.8 Å². The van der Waals surface area contributed by atoms with E-state index in [2.05, 4.69) is 0 Å². The highest BCUT2D eigenvalue weighted by Crippen LogP contribution is 2.10. The van der Waals surface area contributed by atoms with Crippen LogP contribution in [0.25, 0.3) is 0 Å². The molecular formula is C18H22O4. The predicted molar refractivity (Wildman–Crippen MR) is 83.7 cm³/mol. The van der Waals surface area contributed by atoms with E-state index < -0.39 is 0 Å². The topological polar surface area (TPSA) is 68.3 Å². The minimum atomic E-state index is -0.101. The summed E-state index contributed by atoms with van der Waals surface area (Å²) >= 11 is 0. The summed E-state index contributed by atoms with van der Waals surface area (Å²) in [6.07, 6.45) is 2.00. The quantitative estimate of drug-likeness (QED) is 0.623. The van der Waals surface area contributed by atoms with Crippen molar-refractivity contribution < 1.29 is 19.2 Å². The van der Waals surface area contributed by atoms with E-state index in [9.17, 15) is 19.2 Å². The summed E-state index contributed by atoms with van der Waals surface area (Å²) < 4.78 is 0. The first kappa shape index (κ1) is 18.0. The van der Waals surface area contributed by atoms with Crippen molar-refractivity contribution in [2.75, 3.05) is 0 Å². The van der Waals surface area contributed by atoms with Crippen LogP contribution in [0.3, 0.4) is 0 Å². The van der Waals surface area contributed by atoms with Crippen molar-refractivity contribution in [2.45, 2.75) is 52.4 Å². The number of carbonyl (C=O) groups excluding carboxylic acids is 4. The van der Waals surface area contributed by atoms with Crippen LogP contribution in [-0.2, 0) is 32.0 Å². The van der Waals surface area contributed by atoms with Gasteiger partial charge in [0, 0.05) is 12.8 Å². The van der Waals surface area contributed by atoms with Crippen LogP contribution in [0.1, 0.15) is 50.7 Å². The molecule has 0 amide bonds. The Morgan fingerprint density at radius 1 is 0.682 bits per heavy atom. The third-order valence-corrected chi connectivity index (χ3v) is 3.30. The van der Waals surface area contributed by atoms with Crippen LogP contribution >= 0.6 is 0 Å². The molecule has 0 heterocycles. The molecule has 0 bridgehead atoms. The molecule has 0 atom stereocenters. The van der Waals surface area contributed by atoms with Gasteiger partial charge in [-0.2, -0.15) is 0 Å². The molecule has 22 heavy (non-hydrogen) atoms. The molecule has 1 aromatic carbocycles. The number of benzene rings is 1. The maximum absolute atomic E-state index is 11.5. The number of carbonyl (C=O) groups is 4. The number of hydrogen-bond acceptors (Lipinski definition) is 4. The van der Waals surface area contributed by atoms with Crippen LogP contribution in [-0.4, -0.2) is 23.1 Å². The molecule has 118 valence electrons. The van der Waals surface area contributed by atoms with Gasteiger partial charge in [-0.1, -0.05) is 24.3 Å². The van der Waals surface area contributed by atoms with E-state index in [4.69, 9.17) is 0 Å². The van der Waals surface area contributed by atoms with Crippen LogP contribution in [0.5, 0.6) is 0 Å². The number of rotatable bonds is 10. The molecule has 0 saturated carbocycles. The van der Waals surface area contributed by atoms with Crippen molar-refractivity contribution in [1.29, 1.82) is 0 Å². The molecule has 0 spiro atoms. The Bertz CT molecular complexity index is 504. The Labute approximate surface area is 130 Å². The lowest BCUT2D eigenvalue weighted by atomic mass is 10.0. The average Bonchev–Trinajstić information content (AvgIpc) is 2.42. The largest absolute Gasteiger partial charge is 0.300 e. The van der Waals surface area contributed by atoms with E-state index in [1.54, 1.807) is 0 Å². The summed E-state index contributed by atoms with van der Waals surface area (Å²) in [4.78, 5) is 44.6.